The van der Waals surface area contributed by atoms with Crippen LogP contribution in [-0.2, 0) is 0 Å². The monoisotopic (exact) mass is 462 g/mol. The Kier molecular flexibility index (Phi) is 8.45. The lowest BCUT2D eigenvalue weighted by molar-refractivity contribution is 0.239. The van der Waals surface area contributed by atoms with Crippen molar-refractivity contribution in [2.24, 2.45) is 0 Å². The number of aromatic nitrogens is 3. The fraction of sp³-hybridized carbons (Fsp3) is 0.269. The van der Waals surface area contributed by atoms with Gasteiger partial charge in [0.2, 0.25) is 0 Å². The van der Waals surface area contributed by atoms with Crippen molar-refractivity contribution in [2.45, 2.75) is 20.3 Å². The van der Waals surface area contributed by atoms with Gasteiger partial charge in [0.25, 0.3) is 0 Å². The Morgan fingerprint density at radius 1 is 1.12 bits per heavy atom. The quantitative estimate of drug-likeness (QED) is 0.335. The van der Waals surface area contributed by atoms with Crippen molar-refractivity contribution in [2.75, 3.05) is 27.4 Å². The van der Waals surface area contributed by atoms with Gasteiger partial charge in [-0.25, -0.2) is 4.79 Å². The summed E-state index contributed by atoms with van der Waals surface area (Å²) in [6, 6.07) is 11.0. The molecule has 178 valence electrons. The van der Waals surface area contributed by atoms with E-state index in [0.717, 1.165) is 28.9 Å². The number of carbonyl (C=O) groups excluding carboxylic acids is 1. The molecule has 8 nitrogen and oxygen atoms in total. The Hall–Kier alpha value is -4.07. The van der Waals surface area contributed by atoms with Gasteiger partial charge in [-0.15, -0.1) is 5.10 Å². The molecule has 3 aromatic rings. The first-order chi connectivity index (χ1) is 16.5. The van der Waals surface area contributed by atoms with Gasteiger partial charge in [0, 0.05) is 12.6 Å². The van der Waals surface area contributed by atoms with E-state index in [0.29, 0.717) is 35.9 Å². The van der Waals surface area contributed by atoms with Crippen LogP contribution in [0.2, 0.25) is 0 Å². The van der Waals surface area contributed by atoms with Gasteiger partial charge < -0.3 is 19.5 Å². The molecule has 2 aromatic carbocycles. The maximum atomic E-state index is 12.6. The molecule has 0 spiro atoms. The molecule has 0 bridgehead atoms. The number of hydrogen-bond donors (Lipinski definition) is 1. The molecule has 0 aliphatic heterocycles. The van der Waals surface area contributed by atoms with Crippen molar-refractivity contribution in [1.82, 2.24) is 20.3 Å². The maximum Gasteiger partial charge on any atom is 0.344 e. The normalized spacial score (nSPS) is 10.8. The molecule has 0 saturated heterocycles. The first-order valence-corrected chi connectivity index (χ1v) is 11.0. The van der Waals surface area contributed by atoms with E-state index >= 15 is 0 Å². The summed E-state index contributed by atoms with van der Waals surface area (Å²) in [6.45, 7) is 8.77. The number of carbonyl (C=O) groups is 1. The Morgan fingerprint density at radius 2 is 1.88 bits per heavy atom. The second-order valence-corrected chi connectivity index (χ2v) is 7.71. The van der Waals surface area contributed by atoms with Crippen LogP contribution in [-0.4, -0.2) is 48.4 Å². The first-order valence-electron chi connectivity index (χ1n) is 11.0. The summed E-state index contributed by atoms with van der Waals surface area (Å²) in [6.07, 6.45) is 6.25. The van der Waals surface area contributed by atoms with Crippen molar-refractivity contribution in [3.8, 4) is 28.5 Å². The topological polar surface area (TPSA) is 87.5 Å². The summed E-state index contributed by atoms with van der Waals surface area (Å²) in [5, 5.41) is 10.8. The van der Waals surface area contributed by atoms with Crippen molar-refractivity contribution < 1.29 is 19.0 Å². The SMILES string of the molecule is C=C(C)COc1ccc(/C=C/c2cc(OC)cc(OC)c2-c2cnnn2C(=O)NCCC)cc1. The highest BCUT2D eigenvalue weighted by molar-refractivity contribution is 5.88. The van der Waals surface area contributed by atoms with E-state index in [4.69, 9.17) is 14.2 Å². The largest absolute Gasteiger partial charge is 0.497 e. The molecular formula is C26H30N4O4. The zero-order chi connectivity index (χ0) is 24.5. The second-order valence-electron chi connectivity index (χ2n) is 7.71. The van der Waals surface area contributed by atoms with E-state index in [1.807, 2.05) is 56.3 Å². The Balaban J connectivity index is 1.99. The van der Waals surface area contributed by atoms with E-state index in [1.165, 1.54) is 4.68 Å². The molecule has 1 aromatic heterocycles. The third-order valence-electron chi connectivity index (χ3n) is 4.91. The predicted octanol–water partition coefficient (Wildman–Crippen LogP) is 5.06. The second kappa shape index (κ2) is 11.7. The third-order valence-corrected chi connectivity index (χ3v) is 4.91. The smallest absolute Gasteiger partial charge is 0.344 e. The molecule has 0 atom stereocenters. The molecule has 1 N–H and O–H groups in total. The van der Waals surface area contributed by atoms with Crippen molar-refractivity contribution in [1.29, 1.82) is 0 Å². The minimum Gasteiger partial charge on any atom is -0.497 e. The third kappa shape index (κ3) is 6.04. The van der Waals surface area contributed by atoms with E-state index in [1.54, 1.807) is 26.5 Å². The highest BCUT2D eigenvalue weighted by Gasteiger charge is 2.20. The maximum absolute atomic E-state index is 12.6. The van der Waals surface area contributed by atoms with Crippen LogP contribution in [0.3, 0.4) is 0 Å². The van der Waals surface area contributed by atoms with Gasteiger partial charge in [0.05, 0.1) is 26.0 Å². The van der Waals surface area contributed by atoms with Gasteiger partial charge in [-0.05, 0) is 48.2 Å². The molecule has 0 saturated carbocycles. The number of ether oxygens (including phenoxy) is 3. The number of nitrogens with zero attached hydrogens (tertiary/aromatic N) is 3. The molecule has 0 aliphatic carbocycles. The highest BCUT2D eigenvalue weighted by Crippen LogP contribution is 2.37. The van der Waals surface area contributed by atoms with Crippen LogP contribution in [0, 0.1) is 0 Å². The highest BCUT2D eigenvalue weighted by atomic mass is 16.5. The molecule has 8 heteroatoms. The van der Waals surface area contributed by atoms with Crippen molar-refractivity contribution >= 4 is 18.2 Å². The predicted molar refractivity (Wildman–Crippen MR) is 133 cm³/mol. The van der Waals surface area contributed by atoms with E-state index in [2.05, 4.69) is 22.2 Å². The van der Waals surface area contributed by atoms with Gasteiger partial charge in [-0.1, -0.05) is 43.0 Å². The fourth-order valence-corrected chi connectivity index (χ4v) is 3.23. The number of rotatable bonds is 10. The van der Waals surface area contributed by atoms with E-state index < -0.39 is 0 Å². The zero-order valence-electron chi connectivity index (χ0n) is 20.0. The number of methoxy groups -OCH3 is 2. The summed E-state index contributed by atoms with van der Waals surface area (Å²) < 4.78 is 18.0. The average molecular weight is 463 g/mol. The molecule has 34 heavy (non-hydrogen) atoms. The summed E-state index contributed by atoms with van der Waals surface area (Å²) in [5.41, 5.74) is 3.91. The molecule has 0 fully saturated rings. The Bertz CT molecular complexity index is 1170. The van der Waals surface area contributed by atoms with Gasteiger partial charge in [0.1, 0.15) is 29.5 Å². The zero-order valence-corrected chi connectivity index (χ0v) is 20.0. The van der Waals surface area contributed by atoms with E-state index in [9.17, 15) is 4.79 Å². The summed E-state index contributed by atoms with van der Waals surface area (Å²) in [4.78, 5) is 12.6. The lowest BCUT2D eigenvalue weighted by Gasteiger charge is -2.15. The molecule has 1 heterocycles. The van der Waals surface area contributed by atoms with Crippen molar-refractivity contribution in [3.63, 3.8) is 0 Å². The molecule has 0 unspecified atom stereocenters. The molecule has 0 aliphatic rings. The summed E-state index contributed by atoms with van der Waals surface area (Å²) >= 11 is 0. The molecular weight excluding hydrogens is 432 g/mol. The standard InChI is InChI=1S/C26H30N4O4/c1-6-13-27-26(31)30-23(16-28-29-30)25-20(14-22(32-4)15-24(25)33-5)10-7-19-8-11-21(12-9-19)34-17-18(2)3/h7-12,14-16H,2,6,13,17H2,1,3-5H3,(H,27,31)/b10-7+. The number of amides is 1. The number of hydrogen-bond acceptors (Lipinski definition) is 6. The average Bonchev–Trinajstić information content (AvgIpc) is 3.34. The van der Waals surface area contributed by atoms with Gasteiger partial charge in [0.15, 0.2) is 0 Å². The number of nitrogens with one attached hydrogen (secondary N) is 1. The Labute approximate surface area is 199 Å². The summed E-state index contributed by atoms with van der Waals surface area (Å²) in [5.74, 6) is 1.93. The van der Waals surface area contributed by atoms with Crippen LogP contribution in [0.5, 0.6) is 17.2 Å². The lowest BCUT2D eigenvalue weighted by atomic mass is 10.0. The van der Waals surface area contributed by atoms with Crippen LogP contribution in [0.15, 0.2) is 54.7 Å². The minimum atomic E-state index is -0.354. The van der Waals surface area contributed by atoms with Gasteiger partial charge in [-0.3, -0.25) is 0 Å². The molecule has 1 amide bonds. The first kappa shape index (κ1) is 24.6. The number of benzene rings is 2. The van der Waals surface area contributed by atoms with Crippen LogP contribution in [0.4, 0.5) is 4.79 Å². The van der Waals surface area contributed by atoms with Crippen LogP contribution >= 0.6 is 0 Å². The van der Waals surface area contributed by atoms with Crippen molar-refractivity contribution in [3.05, 3.63) is 65.9 Å². The van der Waals surface area contributed by atoms with Crippen LogP contribution in [0.25, 0.3) is 23.4 Å². The fourth-order valence-electron chi connectivity index (χ4n) is 3.23. The van der Waals surface area contributed by atoms with Crippen LogP contribution in [0.1, 0.15) is 31.4 Å². The minimum absolute atomic E-state index is 0.354. The van der Waals surface area contributed by atoms with Gasteiger partial charge >= 0.3 is 6.03 Å². The molecule has 0 radical (unpaired) electrons. The van der Waals surface area contributed by atoms with Gasteiger partial charge in [-0.2, -0.15) is 4.68 Å². The lowest BCUT2D eigenvalue weighted by Crippen LogP contribution is -2.30. The summed E-state index contributed by atoms with van der Waals surface area (Å²) in [7, 11) is 3.16. The van der Waals surface area contributed by atoms with Crippen LogP contribution < -0.4 is 19.5 Å². The molecule has 3 rings (SSSR count). The van der Waals surface area contributed by atoms with E-state index in [-0.39, 0.29) is 6.03 Å². The Morgan fingerprint density at radius 3 is 2.53 bits per heavy atom.